The number of hydrogen-bond donors (Lipinski definition) is 2. The van der Waals surface area contributed by atoms with Crippen LogP contribution in [-0.4, -0.2) is 23.7 Å². The van der Waals surface area contributed by atoms with Gasteiger partial charge in [-0.3, -0.25) is 4.79 Å². The van der Waals surface area contributed by atoms with Crippen LogP contribution in [-0.2, 0) is 0 Å². The van der Waals surface area contributed by atoms with Gasteiger partial charge in [0.2, 0.25) is 0 Å². The molecule has 1 amide bonds. The summed E-state index contributed by atoms with van der Waals surface area (Å²) in [5, 5.41) is 6.68. The molecule has 5 heteroatoms. The van der Waals surface area contributed by atoms with Crippen LogP contribution in [0.4, 0.5) is 0 Å². The van der Waals surface area contributed by atoms with E-state index in [1.807, 2.05) is 0 Å². The van der Waals surface area contributed by atoms with Gasteiger partial charge >= 0.3 is 0 Å². The van der Waals surface area contributed by atoms with Gasteiger partial charge in [0.05, 0.1) is 5.69 Å². The number of nitrogens with two attached hydrogens (primary N) is 1. The molecule has 0 spiro atoms. The van der Waals surface area contributed by atoms with Crippen LogP contribution in [0, 0.1) is 19.8 Å². The number of nitrogens with zero attached hydrogens (tertiary/aromatic N) is 1. The van der Waals surface area contributed by atoms with E-state index < -0.39 is 0 Å². The summed E-state index contributed by atoms with van der Waals surface area (Å²) >= 11 is 0. The third kappa shape index (κ3) is 3.56. The van der Waals surface area contributed by atoms with Gasteiger partial charge in [-0.2, -0.15) is 0 Å². The number of rotatable bonds is 5. The predicted molar refractivity (Wildman–Crippen MR) is 65.7 cm³/mol. The minimum Gasteiger partial charge on any atom is -0.361 e. The van der Waals surface area contributed by atoms with Gasteiger partial charge < -0.3 is 15.6 Å². The van der Waals surface area contributed by atoms with Gasteiger partial charge in [0, 0.05) is 12.6 Å². The van der Waals surface area contributed by atoms with Crippen LogP contribution in [0.2, 0.25) is 0 Å². The molecule has 17 heavy (non-hydrogen) atoms. The Kier molecular flexibility index (Phi) is 4.69. The fraction of sp³-hybridized carbons (Fsp3) is 0.667. The zero-order valence-corrected chi connectivity index (χ0v) is 10.9. The van der Waals surface area contributed by atoms with Crippen molar-refractivity contribution in [3.63, 3.8) is 0 Å². The van der Waals surface area contributed by atoms with Gasteiger partial charge in [0.25, 0.3) is 5.91 Å². The Balaban J connectivity index is 2.71. The fourth-order valence-electron chi connectivity index (χ4n) is 1.85. The summed E-state index contributed by atoms with van der Waals surface area (Å²) in [6.07, 6.45) is 0.867. The lowest BCUT2D eigenvalue weighted by molar-refractivity contribution is 0.0931. The summed E-state index contributed by atoms with van der Waals surface area (Å²) in [5.41, 5.74) is 6.78. The number of amides is 1. The van der Waals surface area contributed by atoms with Gasteiger partial charge in [0.1, 0.15) is 11.3 Å². The van der Waals surface area contributed by atoms with Crippen LogP contribution in [0.3, 0.4) is 0 Å². The molecule has 0 aromatic carbocycles. The SMILES string of the molecule is Cc1noc(C)c1C(=O)NC(CN)CC(C)C. The Hall–Kier alpha value is -1.36. The zero-order chi connectivity index (χ0) is 13.0. The number of hydrogen-bond acceptors (Lipinski definition) is 4. The highest BCUT2D eigenvalue weighted by Gasteiger charge is 2.20. The van der Waals surface area contributed by atoms with Gasteiger partial charge in [-0.15, -0.1) is 0 Å². The monoisotopic (exact) mass is 239 g/mol. The first-order valence-electron chi connectivity index (χ1n) is 5.89. The highest BCUT2D eigenvalue weighted by atomic mass is 16.5. The molecule has 0 aliphatic carbocycles. The molecule has 0 aliphatic rings. The Morgan fingerprint density at radius 1 is 1.47 bits per heavy atom. The van der Waals surface area contributed by atoms with E-state index in [1.165, 1.54) is 0 Å². The first-order valence-corrected chi connectivity index (χ1v) is 5.89. The molecule has 0 fully saturated rings. The van der Waals surface area contributed by atoms with Crippen LogP contribution < -0.4 is 11.1 Å². The third-order valence-electron chi connectivity index (χ3n) is 2.64. The summed E-state index contributed by atoms with van der Waals surface area (Å²) in [7, 11) is 0. The Morgan fingerprint density at radius 2 is 2.12 bits per heavy atom. The predicted octanol–water partition coefficient (Wildman–Crippen LogP) is 1.39. The average Bonchev–Trinajstić information content (AvgIpc) is 2.56. The van der Waals surface area contributed by atoms with Crippen molar-refractivity contribution < 1.29 is 9.32 Å². The highest BCUT2D eigenvalue weighted by Crippen LogP contribution is 2.13. The van der Waals surface area contributed by atoms with Crippen molar-refractivity contribution in [3.05, 3.63) is 17.0 Å². The second kappa shape index (κ2) is 5.82. The molecule has 5 nitrogen and oxygen atoms in total. The van der Waals surface area contributed by atoms with Crippen LogP contribution in [0.25, 0.3) is 0 Å². The number of carbonyl (C=O) groups is 1. The summed E-state index contributed by atoms with van der Waals surface area (Å²) in [6.45, 7) is 8.13. The topological polar surface area (TPSA) is 81.2 Å². The normalized spacial score (nSPS) is 12.8. The van der Waals surface area contributed by atoms with Crippen molar-refractivity contribution in [1.29, 1.82) is 0 Å². The van der Waals surface area contributed by atoms with E-state index in [0.717, 1.165) is 6.42 Å². The Morgan fingerprint density at radius 3 is 2.53 bits per heavy atom. The molecule has 1 unspecified atom stereocenters. The molecule has 1 atom stereocenters. The molecule has 1 rings (SSSR count). The Labute approximate surface area is 102 Å². The van der Waals surface area contributed by atoms with Crippen LogP contribution in [0.5, 0.6) is 0 Å². The van der Waals surface area contributed by atoms with Gasteiger partial charge in [-0.25, -0.2) is 0 Å². The van der Waals surface area contributed by atoms with Crippen molar-refractivity contribution in [1.82, 2.24) is 10.5 Å². The molecule has 0 saturated heterocycles. The van der Waals surface area contributed by atoms with E-state index in [9.17, 15) is 4.79 Å². The summed E-state index contributed by atoms with van der Waals surface area (Å²) < 4.78 is 4.97. The highest BCUT2D eigenvalue weighted by molar-refractivity contribution is 5.96. The number of carbonyl (C=O) groups excluding carboxylic acids is 1. The van der Waals surface area contributed by atoms with Crippen molar-refractivity contribution in [2.45, 2.75) is 40.2 Å². The molecule has 0 bridgehead atoms. The number of aryl methyl sites for hydroxylation is 2. The van der Waals surface area contributed by atoms with Crippen molar-refractivity contribution in [2.75, 3.05) is 6.54 Å². The summed E-state index contributed by atoms with van der Waals surface area (Å²) in [4.78, 5) is 12.0. The van der Waals surface area contributed by atoms with E-state index in [-0.39, 0.29) is 11.9 Å². The van der Waals surface area contributed by atoms with E-state index in [0.29, 0.717) is 29.5 Å². The van der Waals surface area contributed by atoms with E-state index in [2.05, 4.69) is 24.3 Å². The maximum absolute atomic E-state index is 12.0. The molecule has 3 N–H and O–H groups in total. The third-order valence-corrected chi connectivity index (χ3v) is 2.64. The average molecular weight is 239 g/mol. The number of nitrogens with one attached hydrogen (secondary N) is 1. The fourth-order valence-corrected chi connectivity index (χ4v) is 1.85. The minimum absolute atomic E-state index is 0.00352. The van der Waals surface area contributed by atoms with Gasteiger partial charge in [0.15, 0.2) is 0 Å². The molecule has 1 aromatic rings. The smallest absolute Gasteiger partial charge is 0.257 e. The van der Waals surface area contributed by atoms with Crippen LogP contribution in [0.1, 0.15) is 42.1 Å². The van der Waals surface area contributed by atoms with Crippen molar-refractivity contribution in [3.8, 4) is 0 Å². The standard InChI is InChI=1S/C12H21N3O2/c1-7(2)5-10(6-13)14-12(16)11-8(3)15-17-9(11)4/h7,10H,5-6,13H2,1-4H3,(H,14,16). The lowest BCUT2D eigenvalue weighted by Gasteiger charge is -2.18. The largest absolute Gasteiger partial charge is 0.361 e. The molecule has 0 aliphatic heterocycles. The maximum Gasteiger partial charge on any atom is 0.257 e. The summed E-state index contributed by atoms with van der Waals surface area (Å²) in [5.74, 6) is 0.881. The van der Waals surface area contributed by atoms with Crippen LogP contribution in [0.15, 0.2) is 4.52 Å². The Bertz CT molecular complexity index is 366. The summed E-state index contributed by atoms with van der Waals surface area (Å²) in [6, 6.07) is -0.00352. The second-order valence-corrected chi connectivity index (χ2v) is 4.73. The lowest BCUT2D eigenvalue weighted by Crippen LogP contribution is -2.41. The first kappa shape index (κ1) is 13.7. The molecule has 1 heterocycles. The second-order valence-electron chi connectivity index (χ2n) is 4.73. The molecule has 0 radical (unpaired) electrons. The zero-order valence-electron chi connectivity index (χ0n) is 10.9. The first-order chi connectivity index (χ1) is 7.95. The van der Waals surface area contributed by atoms with Crippen molar-refractivity contribution >= 4 is 5.91 Å². The quantitative estimate of drug-likeness (QED) is 0.813. The van der Waals surface area contributed by atoms with E-state index in [1.54, 1.807) is 13.8 Å². The van der Waals surface area contributed by atoms with Crippen LogP contribution >= 0.6 is 0 Å². The molecular weight excluding hydrogens is 218 g/mol. The lowest BCUT2D eigenvalue weighted by atomic mass is 10.0. The maximum atomic E-state index is 12.0. The minimum atomic E-state index is -0.155. The molecule has 96 valence electrons. The number of aromatic nitrogens is 1. The van der Waals surface area contributed by atoms with E-state index >= 15 is 0 Å². The van der Waals surface area contributed by atoms with Crippen molar-refractivity contribution in [2.24, 2.45) is 11.7 Å². The van der Waals surface area contributed by atoms with E-state index in [4.69, 9.17) is 10.3 Å². The van der Waals surface area contributed by atoms with Gasteiger partial charge in [-0.05, 0) is 26.2 Å². The molecule has 1 aromatic heterocycles. The van der Waals surface area contributed by atoms with Gasteiger partial charge in [-0.1, -0.05) is 19.0 Å². The molecule has 0 saturated carbocycles. The molecular formula is C12H21N3O2.